The van der Waals surface area contributed by atoms with E-state index in [0.29, 0.717) is 11.8 Å². The first-order valence-electron chi connectivity index (χ1n) is 7.86. The van der Waals surface area contributed by atoms with Gasteiger partial charge in [-0.05, 0) is 37.1 Å². The number of nitro benzene ring substituents is 2. The highest BCUT2D eigenvalue weighted by Gasteiger charge is 2.23. The number of carbonyl (C=O) groups is 1. The van der Waals surface area contributed by atoms with Gasteiger partial charge in [0.2, 0.25) is 5.75 Å². The molecule has 0 unspecified atom stereocenters. The third kappa shape index (κ3) is 5.24. The fourth-order valence-corrected chi connectivity index (χ4v) is 2.34. The third-order valence-corrected chi connectivity index (χ3v) is 3.47. The molecule has 0 radical (unpaired) electrons. The SMILES string of the molecule is Cc1cc(C)cc(OCC(=O)N/N=C/c2cc([N+](=O)[O-])cc([N+](=O)[O-])c2O)c1. The zero-order valence-electron chi connectivity index (χ0n) is 14.9. The summed E-state index contributed by atoms with van der Waals surface area (Å²) in [5.41, 5.74) is 2.30. The van der Waals surface area contributed by atoms with E-state index in [2.05, 4.69) is 10.5 Å². The van der Waals surface area contributed by atoms with Gasteiger partial charge in [0.15, 0.2) is 6.61 Å². The van der Waals surface area contributed by atoms with Gasteiger partial charge in [0.1, 0.15) is 5.75 Å². The minimum Gasteiger partial charge on any atom is -0.502 e. The number of carbonyl (C=O) groups excluding carboxylic acids is 1. The van der Waals surface area contributed by atoms with E-state index in [1.165, 1.54) is 0 Å². The first kappa shape index (κ1) is 20.3. The topological polar surface area (TPSA) is 157 Å². The zero-order valence-corrected chi connectivity index (χ0v) is 14.9. The number of non-ortho nitro benzene ring substituents is 1. The van der Waals surface area contributed by atoms with Crippen molar-refractivity contribution in [3.05, 3.63) is 67.3 Å². The molecule has 2 rings (SSSR count). The number of rotatable bonds is 7. The minimum absolute atomic E-state index is 0.295. The molecule has 2 aromatic carbocycles. The predicted molar refractivity (Wildman–Crippen MR) is 98.6 cm³/mol. The Bertz CT molecular complexity index is 952. The molecule has 0 spiro atoms. The summed E-state index contributed by atoms with van der Waals surface area (Å²) in [6, 6.07) is 6.97. The summed E-state index contributed by atoms with van der Waals surface area (Å²) >= 11 is 0. The van der Waals surface area contributed by atoms with E-state index in [1.807, 2.05) is 19.9 Å². The molecular weight excluding hydrogens is 372 g/mol. The number of aryl methyl sites for hydroxylation is 2. The van der Waals surface area contributed by atoms with Gasteiger partial charge in [-0.25, -0.2) is 5.43 Å². The maximum absolute atomic E-state index is 11.8. The molecule has 11 heteroatoms. The van der Waals surface area contributed by atoms with E-state index in [9.17, 15) is 30.1 Å². The van der Waals surface area contributed by atoms with Crippen molar-refractivity contribution in [2.24, 2.45) is 5.10 Å². The van der Waals surface area contributed by atoms with Gasteiger partial charge < -0.3 is 9.84 Å². The maximum Gasteiger partial charge on any atom is 0.318 e. The molecule has 0 saturated carbocycles. The minimum atomic E-state index is -0.962. The number of phenols is 1. The molecule has 11 nitrogen and oxygen atoms in total. The van der Waals surface area contributed by atoms with Crippen molar-refractivity contribution in [3.8, 4) is 11.5 Å². The molecule has 0 heterocycles. The second-order valence-corrected chi connectivity index (χ2v) is 5.82. The Balaban J connectivity index is 2.06. The average Bonchev–Trinajstić information content (AvgIpc) is 2.60. The van der Waals surface area contributed by atoms with Crippen LogP contribution in [-0.4, -0.2) is 33.7 Å². The number of nitro groups is 2. The molecule has 2 N–H and O–H groups in total. The van der Waals surface area contributed by atoms with Crippen LogP contribution in [-0.2, 0) is 4.79 Å². The number of phenolic OH excluding ortho intramolecular Hbond substituents is 1. The van der Waals surface area contributed by atoms with Crippen molar-refractivity contribution in [3.63, 3.8) is 0 Å². The van der Waals surface area contributed by atoms with Gasteiger partial charge in [-0.15, -0.1) is 0 Å². The fourth-order valence-electron chi connectivity index (χ4n) is 2.34. The first-order valence-corrected chi connectivity index (χ1v) is 7.86. The van der Waals surface area contributed by atoms with Crippen LogP contribution in [0.15, 0.2) is 35.4 Å². The standard InChI is InChI=1S/C17H16N4O7/c1-10-3-11(2)5-14(4-10)28-9-16(22)19-18-8-12-6-13(20(24)25)7-15(17(12)23)21(26)27/h3-8,23H,9H2,1-2H3,(H,19,22)/b18-8+. The van der Waals surface area contributed by atoms with Gasteiger partial charge in [0.25, 0.3) is 11.6 Å². The number of nitrogens with zero attached hydrogens (tertiary/aromatic N) is 3. The number of nitrogens with one attached hydrogen (secondary N) is 1. The lowest BCUT2D eigenvalue weighted by atomic mass is 10.1. The second-order valence-electron chi connectivity index (χ2n) is 5.82. The number of hydrogen-bond donors (Lipinski definition) is 2. The van der Waals surface area contributed by atoms with Crippen LogP contribution in [0.25, 0.3) is 0 Å². The zero-order chi connectivity index (χ0) is 20.8. The molecular formula is C17H16N4O7. The molecule has 0 atom stereocenters. The Morgan fingerprint density at radius 3 is 2.36 bits per heavy atom. The Kier molecular flexibility index (Phi) is 6.22. The summed E-state index contributed by atoms with van der Waals surface area (Å²) in [5.74, 6) is -0.932. The highest BCUT2D eigenvalue weighted by atomic mass is 16.6. The number of amides is 1. The molecule has 1 amide bonds. The van der Waals surface area contributed by atoms with Crippen LogP contribution >= 0.6 is 0 Å². The van der Waals surface area contributed by atoms with Crippen molar-refractivity contribution < 1.29 is 24.5 Å². The largest absolute Gasteiger partial charge is 0.502 e. The Hall–Kier alpha value is -4.02. The third-order valence-electron chi connectivity index (χ3n) is 3.47. The van der Waals surface area contributed by atoms with Crippen LogP contribution < -0.4 is 10.2 Å². The van der Waals surface area contributed by atoms with Crippen LogP contribution in [0.4, 0.5) is 11.4 Å². The normalized spacial score (nSPS) is 10.6. The predicted octanol–water partition coefficient (Wildman–Crippen LogP) is 2.35. The van der Waals surface area contributed by atoms with Gasteiger partial charge in [0.05, 0.1) is 27.7 Å². The number of benzene rings is 2. The van der Waals surface area contributed by atoms with Gasteiger partial charge >= 0.3 is 5.69 Å². The number of ether oxygens (including phenoxy) is 1. The molecule has 146 valence electrons. The average molecular weight is 388 g/mol. The van der Waals surface area contributed by atoms with E-state index in [-0.39, 0.29) is 12.2 Å². The highest BCUT2D eigenvalue weighted by molar-refractivity contribution is 5.88. The highest BCUT2D eigenvalue weighted by Crippen LogP contribution is 2.33. The second kappa shape index (κ2) is 8.58. The molecule has 0 aliphatic heterocycles. The van der Waals surface area contributed by atoms with Gasteiger partial charge in [-0.3, -0.25) is 25.0 Å². The van der Waals surface area contributed by atoms with Crippen LogP contribution in [0, 0.1) is 34.1 Å². The summed E-state index contributed by atoms with van der Waals surface area (Å²) in [7, 11) is 0. The van der Waals surface area contributed by atoms with Crippen LogP contribution in [0.1, 0.15) is 16.7 Å². The van der Waals surface area contributed by atoms with E-state index in [0.717, 1.165) is 23.4 Å². The van der Waals surface area contributed by atoms with E-state index in [4.69, 9.17) is 4.74 Å². The Morgan fingerprint density at radius 2 is 1.79 bits per heavy atom. The molecule has 0 aliphatic rings. The molecule has 0 bridgehead atoms. The fraction of sp³-hybridized carbons (Fsp3) is 0.176. The number of aromatic hydroxyl groups is 1. The molecule has 0 fully saturated rings. The van der Waals surface area contributed by atoms with Gasteiger partial charge in [-0.2, -0.15) is 5.10 Å². The summed E-state index contributed by atoms with van der Waals surface area (Å²) in [6.45, 7) is 3.42. The van der Waals surface area contributed by atoms with E-state index < -0.39 is 32.9 Å². The summed E-state index contributed by atoms with van der Waals surface area (Å²) < 4.78 is 5.34. The van der Waals surface area contributed by atoms with E-state index in [1.54, 1.807) is 12.1 Å². The smallest absolute Gasteiger partial charge is 0.318 e. The molecule has 2 aromatic rings. The number of hydrogen-bond acceptors (Lipinski definition) is 8. The molecule has 0 aliphatic carbocycles. The number of hydrazone groups is 1. The monoisotopic (exact) mass is 388 g/mol. The van der Waals surface area contributed by atoms with Crippen molar-refractivity contribution in [2.45, 2.75) is 13.8 Å². The maximum atomic E-state index is 11.8. The summed E-state index contributed by atoms with van der Waals surface area (Å²) in [4.78, 5) is 31.7. The summed E-state index contributed by atoms with van der Waals surface area (Å²) in [5, 5.41) is 35.1. The van der Waals surface area contributed by atoms with Crippen LogP contribution in [0.5, 0.6) is 11.5 Å². The van der Waals surface area contributed by atoms with Gasteiger partial charge in [-0.1, -0.05) is 6.07 Å². The molecule has 28 heavy (non-hydrogen) atoms. The Morgan fingerprint density at radius 1 is 1.14 bits per heavy atom. The molecule has 0 saturated heterocycles. The quantitative estimate of drug-likeness (QED) is 0.418. The lowest BCUT2D eigenvalue weighted by Crippen LogP contribution is -2.24. The lowest BCUT2D eigenvalue weighted by Gasteiger charge is -2.07. The van der Waals surface area contributed by atoms with Crippen molar-refractivity contribution in [1.29, 1.82) is 0 Å². The first-order chi connectivity index (χ1) is 13.2. The van der Waals surface area contributed by atoms with Crippen molar-refractivity contribution in [2.75, 3.05) is 6.61 Å². The Labute approximate surface area is 158 Å². The van der Waals surface area contributed by atoms with Crippen LogP contribution in [0.3, 0.4) is 0 Å². The van der Waals surface area contributed by atoms with Crippen molar-refractivity contribution >= 4 is 23.5 Å². The van der Waals surface area contributed by atoms with E-state index >= 15 is 0 Å². The van der Waals surface area contributed by atoms with Gasteiger partial charge in [0, 0.05) is 6.07 Å². The van der Waals surface area contributed by atoms with Crippen LogP contribution in [0.2, 0.25) is 0 Å². The summed E-state index contributed by atoms with van der Waals surface area (Å²) in [6.07, 6.45) is 0.865. The molecule has 0 aromatic heterocycles. The lowest BCUT2D eigenvalue weighted by molar-refractivity contribution is -0.394. The van der Waals surface area contributed by atoms with Crippen molar-refractivity contribution in [1.82, 2.24) is 5.43 Å².